The second-order valence-corrected chi connectivity index (χ2v) is 6.17. The maximum atomic E-state index is 2.49. The Balaban J connectivity index is 2.09. The lowest BCUT2D eigenvalue weighted by Crippen LogP contribution is -2.38. The van der Waals surface area contributed by atoms with Gasteiger partial charge in [0.2, 0.25) is 0 Å². The second kappa shape index (κ2) is 4.89. The highest BCUT2D eigenvalue weighted by Gasteiger charge is 2.40. The number of fused-ring (bicyclic) bond motifs is 1. The zero-order valence-electron chi connectivity index (χ0n) is 10.8. The Morgan fingerprint density at radius 3 is 2.27 bits per heavy atom. The third-order valence-corrected chi connectivity index (χ3v) is 5.30. The molecule has 0 aromatic carbocycles. The highest BCUT2D eigenvalue weighted by atomic mass is 14.5. The largest absolute Gasteiger partial charge is 0.0651 e. The lowest BCUT2D eigenvalue weighted by Gasteiger charge is -2.47. The Labute approximate surface area is 95.8 Å². The van der Waals surface area contributed by atoms with Gasteiger partial charge in [-0.1, -0.05) is 46.5 Å². The molecule has 5 atom stereocenters. The van der Waals surface area contributed by atoms with Crippen LogP contribution in [-0.2, 0) is 0 Å². The van der Waals surface area contributed by atoms with Crippen molar-refractivity contribution in [2.75, 3.05) is 0 Å². The fraction of sp³-hybridized carbons (Fsp3) is 1.00. The van der Waals surface area contributed by atoms with Crippen LogP contribution in [0.5, 0.6) is 0 Å². The third kappa shape index (κ3) is 2.24. The Morgan fingerprint density at radius 1 is 0.867 bits per heavy atom. The molecule has 0 aromatic heterocycles. The summed E-state index contributed by atoms with van der Waals surface area (Å²) < 4.78 is 0. The summed E-state index contributed by atoms with van der Waals surface area (Å²) in [7, 11) is 0. The van der Waals surface area contributed by atoms with E-state index in [4.69, 9.17) is 0 Å². The predicted octanol–water partition coefficient (Wildman–Crippen LogP) is 4.89. The van der Waals surface area contributed by atoms with Gasteiger partial charge < -0.3 is 0 Å². The van der Waals surface area contributed by atoms with Crippen LogP contribution in [0.1, 0.15) is 65.7 Å². The van der Waals surface area contributed by atoms with Crippen LogP contribution in [0.2, 0.25) is 0 Å². The van der Waals surface area contributed by atoms with Gasteiger partial charge in [0.1, 0.15) is 0 Å². The van der Waals surface area contributed by atoms with E-state index in [-0.39, 0.29) is 0 Å². The van der Waals surface area contributed by atoms with Gasteiger partial charge in [-0.3, -0.25) is 0 Å². The van der Waals surface area contributed by atoms with Crippen molar-refractivity contribution in [2.45, 2.75) is 65.7 Å². The van der Waals surface area contributed by atoms with E-state index in [9.17, 15) is 0 Å². The van der Waals surface area contributed by atoms with Crippen molar-refractivity contribution in [1.29, 1.82) is 0 Å². The Bertz CT molecular complexity index is 196. The number of hydrogen-bond donors (Lipinski definition) is 0. The van der Waals surface area contributed by atoms with Crippen molar-refractivity contribution in [1.82, 2.24) is 0 Å². The molecule has 2 rings (SSSR count). The molecule has 0 nitrogen and oxygen atoms in total. The van der Waals surface area contributed by atoms with Crippen LogP contribution in [0.3, 0.4) is 0 Å². The molecule has 2 saturated carbocycles. The van der Waals surface area contributed by atoms with Gasteiger partial charge in [0, 0.05) is 0 Å². The average molecular weight is 208 g/mol. The monoisotopic (exact) mass is 208 g/mol. The van der Waals surface area contributed by atoms with Crippen LogP contribution >= 0.6 is 0 Å². The van der Waals surface area contributed by atoms with Crippen LogP contribution in [-0.4, -0.2) is 0 Å². The third-order valence-electron chi connectivity index (χ3n) is 5.30. The molecule has 0 radical (unpaired) electrons. The second-order valence-electron chi connectivity index (χ2n) is 6.17. The number of rotatable bonds is 2. The Morgan fingerprint density at radius 2 is 1.60 bits per heavy atom. The molecule has 2 aliphatic carbocycles. The first kappa shape index (κ1) is 11.5. The summed E-state index contributed by atoms with van der Waals surface area (Å²) in [5.74, 6) is 5.33. The predicted molar refractivity (Wildman–Crippen MR) is 66.8 cm³/mol. The summed E-state index contributed by atoms with van der Waals surface area (Å²) in [4.78, 5) is 0. The fourth-order valence-electron chi connectivity index (χ4n) is 4.57. The van der Waals surface area contributed by atoms with Crippen molar-refractivity contribution in [3.05, 3.63) is 0 Å². The van der Waals surface area contributed by atoms with E-state index in [2.05, 4.69) is 20.8 Å². The maximum Gasteiger partial charge on any atom is -0.0352 e. The molecule has 0 saturated heterocycles. The van der Waals surface area contributed by atoms with Gasteiger partial charge >= 0.3 is 0 Å². The Kier molecular flexibility index (Phi) is 3.74. The molecule has 0 aromatic rings. The van der Waals surface area contributed by atoms with Crippen LogP contribution in [0, 0.1) is 29.6 Å². The van der Waals surface area contributed by atoms with Gasteiger partial charge in [0.15, 0.2) is 0 Å². The molecule has 0 N–H and O–H groups in total. The van der Waals surface area contributed by atoms with E-state index in [1.807, 2.05) is 0 Å². The SMILES string of the molecule is CCC1CC(C)CC2C(CC)CCCC12. The van der Waals surface area contributed by atoms with Gasteiger partial charge in [0.05, 0.1) is 0 Å². The zero-order chi connectivity index (χ0) is 10.8. The molecular formula is C15H28. The molecule has 0 aliphatic heterocycles. The molecule has 0 amide bonds. The minimum atomic E-state index is 1.00. The smallest absolute Gasteiger partial charge is 0.0352 e. The van der Waals surface area contributed by atoms with Gasteiger partial charge in [-0.2, -0.15) is 0 Å². The number of hydrogen-bond acceptors (Lipinski definition) is 0. The average Bonchev–Trinajstić information content (AvgIpc) is 2.27. The van der Waals surface area contributed by atoms with E-state index in [0.717, 1.165) is 29.6 Å². The van der Waals surface area contributed by atoms with E-state index in [0.29, 0.717) is 0 Å². The molecule has 88 valence electrons. The van der Waals surface area contributed by atoms with Gasteiger partial charge in [0.25, 0.3) is 0 Å². The lowest BCUT2D eigenvalue weighted by molar-refractivity contribution is 0.0263. The molecule has 0 heterocycles. The highest BCUT2D eigenvalue weighted by molar-refractivity contribution is 4.90. The summed E-state index contributed by atoms with van der Waals surface area (Å²) in [5.41, 5.74) is 0. The van der Waals surface area contributed by atoms with Crippen LogP contribution < -0.4 is 0 Å². The van der Waals surface area contributed by atoms with Gasteiger partial charge in [-0.15, -0.1) is 0 Å². The highest BCUT2D eigenvalue weighted by Crippen LogP contribution is 2.50. The summed E-state index contributed by atoms with van der Waals surface area (Å²) in [5, 5.41) is 0. The standard InChI is InChI=1S/C15H28/c1-4-12-7-6-8-14-13(5-2)9-11(3)10-15(12)14/h11-15H,4-10H2,1-3H3. The summed E-state index contributed by atoms with van der Waals surface area (Å²) in [6.07, 6.45) is 10.5. The molecule has 5 unspecified atom stereocenters. The topological polar surface area (TPSA) is 0 Å². The summed E-state index contributed by atoms with van der Waals surface area (Å²) in [6.45, 7) is 7.31. The van der Waals surface area contributed by atoms with Crippen LogP contribution in [0.25, 0.3) is 0 Å². The van der Waals surface area contributed by atoms with Gasteiger partial charge in [-0.05, 0) is 48.9 Å². The zero-order valence-corrected chi connectivity index (χ0v) is 10.8. The first-order valence-corrected chi connectivity index (χ1v) is 7.26. The minimum Gasteiger partial charge on any atom is -0.0651 e. The molecular weight excluding hydrogens is 180 g/mol. The quantitative estimate of drug-likeness (QED) is 0.606. The van der Waals surface area contributed by atoms with Crippen molar-refractivity contribution in [3.8, 4) is 0 Å². The fourth-order valence-corrected chi connectivity index (χ4v) is 4.57. The van der Waals surface area contributed by atoms with E-state index >= 15 is 0 Å². The molecule has 0 heteroatoms. The van der Waals surface area contributed by atoms with Crippen LogP contribution in [0.4, 0.5) is 0 Å². The van der Waals surface area contributed by atoms with Crippen molar-refractivity contribution in [2.24, 2.45) is 29.6 Å². The lowest BCUT2D eigenvalue weighted by atomic mass is 9.58. The molecule has 2 aliphatic rings. The molecule has 0 bridgehead atoms. The molecule has 0 spiro atoms. The van der Waals surface area contributed by atoms with E-state index < -0.39 is 0 Å². The Hall–Kier alpha value is 0. The van der Waals surface area contributed by atoms with Crippen molar-refractivity contribution < 1.29 is 0 Å². The van der Waals surface area contributed by atoms with E-state index in [1.54, 1.807) is 12.8 Å². The maximum absolute atomic E-state index is 2.49. The summed E-state index contributed by atoms with van der Waals surface area (Å²) in [6, 6.07) is 0. The minimum absolute atomic E-state index is 1.00. The van der Waals surface area contributed by atoms with Gasteiger partial charge in [-0.25, -0.2) is 0 Å². The molecule has 2 fully saturated rings. The summed E-state index contributed by atoms with van der Waals surface area (Å²) >= 11 is 0. The van der Waals surface area contributed by atoms with E-state index in [1.165, 1.54) is 32.1 Å². The molecule has 15 heavy (non-hydrogen) atoms. The van der Waals surface area contributed by atoms with Crippen LogP contribution in [0.15, 0.2) is 0 Å². The normalized spacial score (nSPS) is 46.2. The first-order chi connectivity index (χ1) is 7.26. The first-order valence-electron chi connectivity index (χ1n) is 7.26. The van der Waals surface area contributed by atoms with Crippen molar-refractivity contribution in [3.63, 3.8) is 0 Å². The van der Waals surface area contributed by atoms with Crippen molar-refractivity contribution >= 4 is 0 Å².